The average Bonchev–Trinajstić information content (AvgIpc) is 3.55. The van der Waals surface area contributed by atoms with Crippen LogP contribution in [0.5, 0.6) is 11.6 Å². The molecule has 1 N–H and O–H groups in total. The van der Waals surface area contributed by atoms with E-state index < -0.39 is 18.8 Å². The molecule has 5 aromatic heterocycles. The highest BCUT2D eigenvalue weighted by molar-refractivity contribution is 5.80. The molecule has 5 aromatic rings. The maximum absolute atomic E-state index is 13.0. The number of ether oxygens (including phenoxy) is 2. The zero-order valence-electron chi connectivity index (χ0n) is 23.5. The molecule has 14 heteroatoms. The van der Waals surface area contributed by atoms with Gasteiger partial charge >= 0.3 is 6.18 Å². The summed E-state index contributed by atoms with van der Waals surface area (Å²) < 4.78 is 52.7. The summed E-state index contributed by atoms with van der Waals surface area (Å²) in [6, 6.07) is 10.7. The Bertz CT molecular complexity index is 1730. The molecule has 6 rings (SSSR count). The molecule has 0 radical (unpaired) electrons. The molecule has 1 fully saturated rings. The van der Waals surface area contributed by atoms with Crippen molar-refractivity contribution < 1.29 is 27.8 Å². The zero-order valence-corrected chi connectivity index (χ0v) is 23.5. The third-order valence-electron chi connectivity index (χ3n) is 7.09. The monoisotopic (exact) mass is 594 g/mol. The molecule has 1 aliphatic rings. The number of halogens is 3. The van der Waals surface area contributed by atoms with Crippen LogP contribution in [0.15, 0.2) is 55.0 Å². The molecule has 0 aliphatic carbocycles. The van der Waals surface area contributed by atoms with Gasteiger partial charge in [0.25, 0.3) is 0 Å². The maximum atomic E-state index is 13.0. The van der Waals surface area contributed by atoms with Gasteiger partial charge in [-0.2, -0.15) is 28.5 Å². The van der Waals surface area contributed by atoms with Crippen LogP contribution in [0, 0.1) is 6.92 Å². The first-order valence-electron chi connectivity index (χ1n) is 13.7. The Morgan fingerprint density at radius 2 is 1.84 bits per heavy atom. The third kappa shape index (κ3) is 6.50. The molecule has 224 valence electrons. The van der Waals surface area contributed by atoms with Gasteiger partial charge in [0.2, 0.25) is 5.88 Å². The van der Waals surface area contributed by atoms with E-state index in [0.29, 0.717) is 65.2 Å². The number of alkyl halides is 3. The maximum Gasteiger partial charge on any atom is 0.408 e. The SMILES string of the molecule is Cc1nn(CC(F)(F)F)cc1-c1nc(-c2cnn3cc(Oc4ccc(CN5CCOCC5)nn4)ccc23)ccc1C(C)O. The summed E-state index contributed by atoms with van der Waals surface area (Å²) in [4.78, 5) is 7.02. The van der Waals surface area contributed by atoms with E-state index >= 15 is 0 Å². The molecule has 0 aromatic carbocycles. The van der Waals surface area contributed by atoms with Crippen LogP contribution >= 0.6 is 0 Å². The van der Waals surface area contributed by atoms with E-state index in [1.54, 1.807) is 55.0 Å². The lowest BCUT2D eigenvalue weighted by Crippen LogP contribution is -2.35. The lowest BCUT2D eigenvalue weighted by atomic mass is 10.0. The number of aliphatic hydroxyl groups is 1. The van der Waals surface area contributed by atoms with Crippen molar-refractivity contribution in [1.82, 2.24) is 39.5 Å². The second-order valence-corrected chi connectivity index (χ2v) is 10.4. The largest absolute Gasteiger partial charge is 0.436 e. The van der Waals surface area contributed by atoms with Crippen LogP contribution in [0.25, 0.3) is 28.0 Å². The summed E-state index contributed by atoms with van der Waals surface area (Å²) in [5.41, 5.74) is 4.41. The molecule has 0 saturated carbocycles. The molecule has 0 amide bonds. The van der Waals surface area contributed by atoms with Crippen molar-refractivity contribution in [3.8, 4) is 34.1 Å². The van der Waals surface area contributed by atoms with Crippen LogP contribution < -0.4 is 4.74 Å². The summed E-state index contributed by atoms with van der Waals surface area (Å²) in [5.74, 6) is 0.849. The minimum absolute atomic E-state index is 0.346. The number of hydrogen-bond acceptors (Lipinski definition) is 9. The second kappa shape index (κ2) is 11.7. The fourth-order valence-corrected chi connectivity index (χ4v) is 5.01. The van der Waals surface area contributed by atoms with Crippen molar-refractivity contribution in [1.29, 1.82) is 0 Å². The van der Waals surface area contributed by atoms with Gasteiger partial charge in [0.15, 0.2) is 0 Å². The van der Waals surface area contributed by atoms with Gasteiger partial charge in [-0.3, -0.25) is 9.58 Å². The third-order valence-corrected chi connectivity index (χ3v) is 7.09. The van der Waals surface area contributed by atoms with E-state index in [1.807, 2.05) is 12.1 Å². The van der Waals surface area contributed by atoms with E-state index in [1.165, 1.54) is 6.20 Å². The molecule has 11 nitrogen and oxygen atoms in total. The smallest absolute Gasteiger partial charge is 0.408 e. The van der Waals surface area contributed by atoms with Crippen LogP contribution in [-0.4, -0.2) is 77.1 Å². The van der Waals surface area contributed by atoms with Crippen molar-refractivity contribution in [3.05, 3.63) is 71.9 Å². The second-order valence-electron chi connectivity index (χ2n) is 10.4. The molecule has 1 atom stereocenters. The molecular weight excluding hydrogens is 565 g/mol. The normalized spacial score (nSPS) is 15.2. The number of morpholine rings is 1. The van der Waals surface area contributed by atoms with Gasteiger partial charge in [0, 0.05) is 48.6 Å². The Labute approximate surface area is 244 Å². The molecular formula is C29H29F3N8O3. The Kier molecular flexibility index (Phi) is 7.81. The average molecular weight is 595 g/mol. The van der Waals surface area contributed by atoms with Crippen LogP contribution in [0.2, 0.25) is 0 Å². The summed E-state index contributed by atoms with van der Waals surface area (Å²) in [6.45, 7) is 5.82. The predicted octanol–water partition coefficient (Wildman–Crippen LogP) is 4.60. The number of pyridine rings is 2. The van der Waals surface area contributed by atoms with Gasteiger partial charge in [0.1, 0.15) is 12.3 Å². The molecule has 0 spiro atoms. The molecule has 1 aliphatic heterocycles. The van der Waals surface area contributed by atoms with Crippen LogP contribution in [0.3, 0.4) is 0 Å². The highest BCUT2D eigenvalue weighted by Gasteiger charge is 2.29. The van der Waals surface area contributed by atoms with Crippen LogP contribution in [-0.2, 0) is 17.8 Å². The molecule has 6 heterocycles. The standard InChI is InChI=1S/C29H29F3N8O3/c1-18-24(16-39(37-18)17-29(30,31)32)28-22(19(2)41)5-6-25(34-28)23-13-33-40-15-21(4-7-26(23)40)43-27-8-3-20(35-36-27)14-38-9-11-42-12-10-38/h3-8,13,15-16,19,41H,9-12,14,17H2,1-2H3. The first kappa shape index (κ1) is 28.7. The molecule has 0 bridgehead atoms. The van der Waals surface area contributed by atoms with E-state index in [-0.39, 0.29) is 0 Å². The molecule has 1 saturated heterocycles. The lowest BCUT2D eigenvalue weighted by molar-refractivity contribution is -0.142. The fourth-order valence-electron chi connectivity index (χ4n) is 5.01. The van der Waals surface area contributed by atoms with Crippen LogP contribution in [0.4, 0.5) is 13.2 Å². The number of aromatic nitrogens is 7. The van der Waals surface area contributed by atoms with Gasteiger partial charge < -0.3 is 14.6 Å². The molecule has 43 heavy (non-hydrogen) atoms. The summed E-state index contributed by atoms with van der Waals surface area (Å²) in [5, 5.41) is 27.3. The first-order valence-corrected chi connectivity index (χ1v) is 13.7. The molecule has 1 unspecified atom stereocenters. The Morgan fingerprint density at radius 1 is 1.02 bits per heavy atom. The van der Waals surface area contributed by atoms with E-state index in [0.717, 1.165) is 29.0 Å². The number of aliphatic hydroxyl groups excluding tert-OH is 1. The summed E-state index contributed by atoms with van der Waals surface area (Å²) >= 11 is 0. The number of fused-ring (bicyclic) bond motifs is 1. The van der Waals surface area contributed by atoms with Crippen molar-refractivity contribution in [2.45, 2.75) is 39.2 Å². The Morgan fingerprint density at radius 3 is 2.56 bits per heavy atom. The summed E-state index contributed by atoms with van der Waals surface area (Å²) in [7, 11) is 0. The highest BCUT2D eigenvalue weighted by atomic mass is 19.4. The summed E-state index contributed by atoms with van der Waals surface area (Å²) in [6.07, 6.45) is -0.663. The van der Waals surface area contributed by atoms with Crippen molar-refractivity contribution in [3.63, 3.8) is 0 Å². The van der Waals surface area contributed by atoms with Gasteiger partial charge in [-0.1, -0.05) is 6.07 Å². The number of nitrogens with zero attached hydrogens (tertiary/aromatic N) is 8. The van der Waals surface area contributed by atoms with Gasteiger partial charge in [-0.15, -0.1) is 5.10 Å². The van der Waals surface area contributed by atoms with Crippen molar-refractivity contribution >= 4 is 5.52 Å². The van der Waals surface area contributed by atoms with E-state index in [2.05, 4.69) is 25.3 Å². The number of hydrogen-bond donors (Lipinski definition) is 1. The van der Waals surface area contributed by atoms with Crippen molar-refractivity contribution in [2.75, 3.05) is 26.3 Å². The van der Waals surface area contributed by atoms with Gasteiger partial charge in [-0.25, -0.2) is 9.50 Å². The van der Waals surface area contributed by atoms with Gasteiger partial charge in [-0.05, 0) is 38.1 Å². The predicted molar refractivity (Wildman–Crippen MR) is 149 cm³/mol. The lowest BCUT2D eigenvalue weighted by Gasteiger charge is -2.25. The number of rotatable bonds is 8. The van der Waals surface area contributed by atoms with E-state index in [9.17, 15) is 18.3 Å². The van der Waals surface area contributed by atoms with Crippen molar-refractivity contribution in [2.24, 2.45) is 0 Å². The Hall–Kier alpha value is -4.40. The minimum atomic E-state index is -4.42. The van der Waals surface area contributed by atoms with E-state index in [4.69, 9.17) is 14.5 Å². The minimum Gasteiger partial charge on any atom is -0.436 e. The first-order chi connectivity index (χ1) is 20.6. The zero-order chi connectivity index (χ0) is 30.1. The topological polar surface area (TPSA) is 116 Å². The highest BCUT2D eigenvalue weighted by Crippen LogP contribution is 2.34. The fraction of sp³-hybridized carbons (Fsp3) is 0.345. The quantitative estimate of drug-likeness (QED) is 0.275. The Balaban J connectivity index is 1.24. The number of aryl methyl sites for hydroxylation is 1. The van der Waals surface area contributed by atoms with Crippen LogP contribution in [0.1, 0.15) is 30.0 Å². The van der Waals surface area contributed by atoms with Gasteiger partial charge in [0.05, 0.1) is 60.0 Å².